The summed E-state index contributed by atoms with van der Waals surface area (Å²) in [4.78, 5) is 19.9. The highest BCUT2D eigenvalue weighted by atomic mass is 19.4. The Morgan fingerprint density at radius 2 is 1.64 bits per heavy atom. The van der Waals surface area contributed by atoms with Crippen LogP contribution >= 0.6 is 0 Å². The van der Waals surface area contributed by atoms with Crippen molar-refractivity contribution in [1.82, 2.24) is 9.97 Å². The van der Waals surface area contributed by atoms with Crippen molar-refractivity contribution in [3.8, 4) is 0 Å². The van der Waals surface area contributed by atoms with E-state index in [0.29, 0.717) is 0 Å². The van der Waals surface area contributed by atoms with E-state index in [0.717, 1.165) is 30.3 Å². The minimum Gasteiger partial charge on any atom is -0.324 e. The lowest BCUT2D eigenvalue weighted by molar-refractivity contribution is -0.137. The molecule has 0 bridgehead atoms. The number of anilines is 3. The fraction of sp³-hybridized carbons (Fsp3) is 0.0556. The molecule has 1 aromatic heterocycles. The average molecular weight is 394 g/mol. The number of amides is 1. The molecule has 0 spiro atoms. The van der Waals surface area contributed by atoms with E-state index < -0.39 is 35.0 Å². The highest BCUT2D eigenvalue weighted by Crippen LogP contribution is 2.31. The van der Waals surface area contributed by atoms with E-state index in [-0.39, 0.29) is 17.3 Å². The lowest BCUT2D eigenvalue weighted by Gasteiger charge is -2.10. The third-order valence-corrected chi connectivity index (χ3v) is 3.54. The summed E-state index contributed by atoms with van der Waals surface area (Å²) in [5.74, 6) is -3.02. The molecule has 3 aromatic rings. The van der Waals surface area contributed by atoms with E-state index in [1.807, 2.05) is 0 Å². The summed E-state index contributed by atoms with van der Waals surface area (Å²) in [7, 11) is 0. The van der Waals surface area contributed by atoms with Crippen LogP contribution in [0.5, 0.6) is 0 Å². The molecular weight excluding hydrogens is 383 g/mol. The Kier molecular flexibility index (Phi) is 5.21. The van der Waals surface area contributed by atoms with Crippen LogP contribution in [0.4, 0.5) is 39.3 Å². The van der Waals surface area contributed by atoms with Crippen LogP contribution in [0.1, 0.15) is 16.1 Å². The summed E-state index contributed by atoms with van der Waals surface area (Å²) in [6.45, 7) is 0. The van der Waals surface area contributed by atoms with Crippen LogP contribution in [-0.2, 0) is 6.18 Å². The Morgan fingerprint density at radius 1 is 0.964 bits per heavy atom. The Bertz CT molecular complexity index is 1000. The lowest BCUT2D eigenvalue weighted by atomic mass is 10.2. The summed E-state index contributed by atoms with van der Waals surface area (Å²) in [5.41, 5.74) is -1.71. The maximum absolute atomic E-state index is 13.6. The number of benzene rings is 2. The van der Waals surface area contributed by atoms with E-state index in [4.69, 9.17) is 0 Å². The summed E-state index contributed by atoms with van der Waals surface area (Å²) in [6, 6.07) is 8.58. The van der Waals surface area contributed by atoms with Crippen LogP contribution in [0.2, 0.25) is 0 Å². The first kappa shape index (κ1) is 19.2. The van der Waals surface area contributed by atoms with Crippen LogP contribution < -0.4 is 10.6 Å². The number of hydrogen-bond donors (Lipinski definition) is 2. The number of carbonyl (C=O) groups excluding carboxylic acids is 1. The smallest absolute Gasteiger partial charge is 0.324 e. The van der Waals surface area contributed by atoms with Crippen LogP contribution in [0.15, 0.2) is 54.7 Å². The summed E-state index contributed by atoms with van der Waals surface area (Å²) in [5, 5.41) is 4.61. The van der Waals surface area contributed by atoms with Crippen molar-refractivity contribution < 1.29 is 26.7 Å². The third-order valence-electron chi connectivity index (χ3n) is 3.54. The lowest BCUT2D eigenvalue weighted by Crippen LogP contribution is -2.16. The number of nitrogens with zero attached hydrogens (tertiary/aromatic N) is 2. The maximum Gasteiger partial charge on any atom is 0.416 e. The predicted molar refractivity (Wildman–Crippen MR) is 91.1 cm³/mol. The zero-order valence-electron chi connectivity index (χ0n) is 13.9. The van der Waals surface area contributed by atoms with Gasteiger partial charge in [0.1, 0.15) is 23.0 Å². The molecule has 28 heavy (non-hydrogen) atoms. The molecule has 0 saturated heterocycles. The summed E-state index contributed by atoms with van der Waals surface area (Å²) >= 11 is 0. The highest BCUT2D eigenvalue weighted by Gasteiger charge is 2.30. The Hall–Kier alpha value is -3.56. The number of alkyl halides is 3. The quantitative estimate of drug-likeness (QED) is 0.626. The van der Waals surface area contributed by atoms with Gasteiger partial charge in [-0.3, -0.25) is 4.79 Å². The van der Waals surface area contributed by atoms with Gasteiger partial charge >= 0.3 is 6.18 Å². The average Bonchev–Trinajstić information content (AvgIpc) is 2.64. The standard InChI is InChI=1S/C18H11F5N4O/c19-12-5-2-6-13(20)15(12)27-16(28)14-7-8-24-17(26-14)25-11-4-1-3-10(9-11)18(21,22)23/h1-9H,(H,27,28)(H,24,25,26). The molecule has 5 nitrogen and oxygen atoms in total. The number of aromatic nitrogens is 2. The summed E-state index contributed by atoms with van der Waals surface area (Å²) < 4.78 is 65.6. The van der Waals surface area contributed by atoms with Crippen LogP contribution in [-0.4, -0.2) is 15.9 Å². The van der Waals surface area contributed by atoms with Crippen molar-refractivity contribution in [2.24, 2.45) is 0 Å². The summed E-state index contributed by atoms with van der Waals surface area (Å²) in [6.07, 6.45) is -3.35. The van der Waals surface area contributed by atoms with Crippen molar-refractivity contribution in [2.45, 2.75) is 6.18 Å². The molecule has 2 aromatic carbocycles. The number of halogens is 5. The number of hydrogen-bond acceptors (Lipinski definition) is 4. The molecule has 0 aliphatic carbocycles. The Labute approximate surface area is 155 Å². The van der Waals surface area contributed by atoms with Gasteiger partial charge < -0.3 is 10.6 Å². The first-order chi connectivity index (χ1) is 13.2. The molecule has 144 valence electrons. The van der Waals surface area contributed by atoms with E-state index in [9.17, 15) is 26.7 Å². The number of carbonyl (C=O) groups is 1. The first-order valence-electron chi connectivity index (χ1n) is 7.77. The molecule has 0 unspecified atom stereocenters. The van der Waals surface area contributed by atoms with E-state index in [2.05, 4.69) is 20.6 Å². The third kappa shape index (κ3) is 4.40. The van der Waals surface area contributed by atoms with E-state index >= 15 is 0 Å². The molecule has 3 rings (SSSR count). The minimum absolute atomic E-state index is 0.0486. The van der Waals surface area contributed by atoms with E-state index in [1.165, 1.54) is 24.4 Å². The van der Waals surface area contributed by atoms with Gasteiger partial charge in [0.25, 0.3) is 5.91 Å². The molecule has 0 aliphatic rings. The normalized spacial score (nSPS) is 11.2. The van der Waals surface area contributed by atoms with Crippen molar-refractivity contribution >= 4 is 23.2 Å². The van der Waals surface area contributed by atoms with Gasteiger partial charge in [-0.25, -0.2) is 18.7 Å². The largest absolute Gasteiger partial charge is 0.416 e. The monoisotopic (exact) mass is 394 g/mol. The highest BCUT2D eigenvalue weighted by molar-refractivity contribution is 6.03. The van der Waals surface area contributed by atoms with Gasteiger partial charge in [0.05, 0.1) is 5.56 Å². The second-order valence-corrected chi connectivity index (χ2v) is 5.52. The Morgan fingerprint density at radius 3 is 2.32 bits per heavy atom. The number of nitrogens with one attached hydrogen (secondary N) is 2. The van der Waals surface area contributed by atoms with Crippen LogP contribution in [0.25, 0.3) is 0 Å². The molecule has 0 fully saturated rings. The molecular formula is C18H11F5N4O. The zero-order chi connectivity index (χ0) is 20.3. The van der Waals surface area contributed by atoms with Crippen molar-refractivity contribution in [1.29, 1.82) is 0 Å². The van der Waals surface area contributed by atoms with E-state index in [1.54, 1.807) is 0 Å². The van der Waals surface area contributed by atoms with Crippen LogP contribution in [0, 0.1) is 11.6 Å². The molecule has 2 N–H and O–H groups in total. The fourth-order valence-corrected chi connectivity index (χ4v) is 2.24. The Balaban J connectivity index is 1.80. The maximum atomic E-state index is 13.6. The first-order valence-corrected chi connectivity index (χ1v) is 7.77. The predicted octanol–water partition coefficient (Wildman–Crippen LogP) is 4.77. The number of para-hydroxylation sites is 1. The van der Waals surface area contributed by atoms with Gasteiger partial charge in [0, 0.05) is 11.9 Å². The second-order valence-electron chi connectivity index (χ2n) is 5.52. The molecule has 1 amide bonds. The van der Waals surface area contributed by atoms with Crippen molar-refractivity contribution in [2.75, 3.05) is 10.6 Å². The number of rotatable bonds is 4. The van der Waals surface area contributed by atoms with Crippen molar-refractivity contribution in [3.05, 3.63) is 77.6 Å². The second kappa shape index (κ2) is 7.59. The van der Waals surface area contributed by atoms with Gasteiger partial charge in [-0.2, -0.15) is 13.2 Å². The molecule has 1 heterocycles. The van der Waals surface area contributed by atoms with Crippen molar-refractivity contribution in [3.63, 3.8) is 0 Å². The van der Waals surface area contributed by atoms with Gasteiger partial charge in [-0.1, -0.05) is 12.1 Å². The fourth-order valence-electron chi connectivity index (χ4n) is 2.24. The SMILES string of the molecule is O=C(Nc1c(F)cccc1F)c1ccnc(Nc2cccc(C(F)(F)F)c2)n1. The van der Waals surface area contributed by atoms with Gasteiger partial charge in [0.2, 0.25) is 5.95 Å². The van der Waals surface area contributed by atoms with Gasteiger partial charge in [-0.05, 0) is 36.4 Å². The van der Waals surface area contributed by atoms with Gasteiger partial charge in [-0.15, -0.1) is 0 Å². The molecule has 0 saturated carbocycles. The zero-order valence-corrected chi connectivity index (χ0v) is 13.9. The molecule has 0 aliphatic heterocycles. The molecule has 0 atom stereocenters. The van der Waals surface area contributed by atoms with Gasteiger partial charge in [0.15, 0.2) is 0 Å². The van der Waals surface area contributed by atoms with Crippen LogP contribution in [0.3, 0.4) is 0 Å². The minimum atomic E-state index is -4.52. The molecule has 0 radical (unpaired) electrons. The topological polar surface area (TPSA) is 66.9 Å². The molecule has 10 heteroatoms.